The number of urea groups is 2. The molecule has 5 amide bonds. The van der Waals surface area contributed by atoms with Crippen molar-refractivity contribution in [3.63, 3.8) is 0 Å². The Kier molecular flexibility index (Phi) is 15.7. The molecule has 49 heavy (non-hydrogen) atoms. The number of hydrogen-bond donors (Lipinski definition) is 12. The summed E-state index contributed by atoms with van der Waals surface area (Å²) in [7, 11) is 0. The number of aliphatic hydroxyl groups is 3. The monoisotopic (exact) mass is 694 g/mol. The first kappa shape index (κ1) is 39.2. The second-order valence-electron chi connectivity index (χ2n) is 11.6. The lowest BCUT2D eigenvalue weighted by atomic mass is 9.95. The second-order valence-corrected chi connectivity index (χ2v) is 11.6. The van der Waals surface area contributed by atoms with Crippen LogP contribution in [-0.4, -0.2) is 127 Å². The fraction of sp³-hybridized carbons (Fsp3) is 0.600. The van der Waals surface area contributed by atoms with E-state index < -0.39 is 67.1 Å². The van der Waals surface area contributed by atoms with Crippen LogP contribution in [0.25, 0.3) is 6.08 Å². The maximum atomic E-state index is 12.9. The quantitative estimate of drug-likeness (QED) is 0.0346. The molecule has 16 N–H and O–H groups in total. The first-order valence-electron chi connectivity index (χ1n) is 16.1. The number of nitrogens with one attached hydrogen (secondary N) is 5. The Bertz CT molecular complexity index is 1270. The van der Waals surface area contributed by atoms with Gasteiger partial charge in [0, 0.05) is 12.6 Å². The van der Waals surface area contributed by atoms with E-state index in [1.165, 1.54) is 6.08 Å². The van der Waals surface area contributed by atoms with Crippen molar-refractivity contribution in [2.75, 3.05) is 32.8 Å². The largest absolute Gasteiger partial charge is 0.462 e. The highest BCUT2D eigenvalue weighted by atomic mass is 16.7. The Morgan fingerprint density at radius 3 is 2.35 bits per heavy atom. The lowest BCUT2D eigenvalue weighted by Crippen LogP contribution is -2.68. The first-order valence-corrected chi connectivity index (χ1v) is 16.1. The number of amides is 5. The summed E-state index contributed by atoms with van der Waals surface area (Å²) in [6, 6.07) is 1.35. The molecule has 2 aliphatic heterocycles. The number of ether oxygens (including phenoxy) is 3. The van der Waals surface area contributed by atoms with E-state index in [1.807, 2.05) is 0 Å². The second kappa shape index (κ2) is 19.7. The molecule has 2 saturated heterocycles. The van der Waals surface area contributed by atoms with Gasteiger partial charge in [-0.05, 0) is 69.6 Å². The van der Waals surface area contributed by atoms with E-state index in [2.05, 4.69) is 31.6 Å². The molecule has 0 bridgehead atoms. The van der Waals surface area contributed by atoms with Crippen LogP contribution < -0.4 is 54.3 Å². The van der Waals surface area contributed by atoms with Gasteiger partial charge in [-0.25, -0.2) is 14.6 Å². The molecule has 0 saturated carbocycles. The summed E-state index contributed by atoms with van der Waals surface area (Å²) in [6.07, 6.45) is -1.59. The number of nitrogens with zero attached hydrogens (tertiary/aromatic N) is 1. The molecule has 19 heteroatoms. The maximum absolute atomic E-state index is 12.9. The van der Waals surface area contributed by atoms with Crippen LogP contribution in [0.4, 0.5) is 9.59 Å². The molecule has 9 atom stereocenters. The highest BCUT2D eigenvalue weighted by molar-refractivity contribution is 5.91. The molecule has 274 valence electrons. The molecule has 2 heterocycles. The van der Waals surface area contributed by atoms with Crippen LogP contribution in [0.1, 0.15) is 31.7 Å². The third kappa shape index (κ3) is 12.6. The molecule has 3 rings (SSSR count). The van der Waals surface area contributed by atoms with E-state index in [9.17, 15) is 29.7 Å². The molecular formula is C30H50N10O9. The van der Waals surface area contributed by atoms with Crippen LogP contribution in [0, 0.1) is 0 Å². The Morgan fingerprint density at radius 1 is 0.959 bits per heavy atom. The minimum absolute atomic E-state index is 0.219. The van der Waals surface area contributed by atoms with Crippen LogP contribution in [-0.2, 0) is 14.3 Å². The van der Waals surface area contributed by atoms with Crippen LogP contribution in [0.5, 0.6) is 5.75 Å². The molecule has 2 fully saturated rings. The molecule has 0 radical (unpaired) electrons. The lowest BCUT2D eigenvalue weighted by Gasteiger charge is -2.42. The Hall–Kier alpha value is -4.24. The summed E-state index contributed by atoms with van der Waals surface area (Å²) in [6.45, 7) is 4.19. The number of aliphatic imine (C=N–C) groups is 1. The molecule has 2 aliphatic rings. The van der Waals surface area contributed by atoms with Crippen molar-refractivity contribution in [3.8, 4) is 5.75 Å². The molecule has 0 spiro atoms. The molecule has 1 aromatic rings. The zero-order chi connectivity index (χ0) is 35.9. The van der Waals surface area contributed by atoms with Crippen molar-refractivity contribution in [2.45, 2.75) is 81.2 Å². The summed E-state index contributed by atoms with van der Waals surface area (Å²) in [5.74, 6) is -0.225. The van der Waals surface area contributed by atoms with Gasteiger partial charge in [0.15, 0.2) is 12.2 Å². The van der Waals surface area contributed by atoms with E-state index in [-0.39, 0.29) is 18.5 Å². The summed E-state index contributed by atoms with van der Waals surface area (Å²) < 4.78 is 17.3. The fourth-order valence-corrected chi connectivity index (χ4v) is 5.21. The van der Waals surface area contributed by atoms with Crippen molar-refractivity contribution >= 4 is 30.0 Å². The van der Waals surface area contributed by atoms with Gasteiger partial charge in [-0.3, -0.25) is 4.79 Å². The van der Waals surface area contributed by atoms with E-state index >= 15 is 0 Å². The van der Waals surface area contributed by atoms with Crippen LogP contribution in [0.15, 0.2) is 35.3 Å². The van der Waals surface area contributed by atoms with E-state index in [4.69, 9.17) is 37.1 Å². The van der Waals surface area contributed by atoms with Crippen molar-refractivity contribution < 1.29 is 43.9 Å². The highest BCUT2D eigenvalue weighted by Gasteiger charge is 2.46. The fourth-order valence-electron chi connectivity index (χ4n) is 5.21. The van der Waals surface area contributed by atoms with Gasteiger partial charge < -0.3 is 79.0 Å². The minimum atomic E-state index is -1.48. The van der Waals surface area contributed by atoms with Gasteiger partial charge >= 0.3 is 12.1 Å². The van der Waals surface area contributed by atoms with Crippen molar-refractivity contribution in [3.05, 3.63) is 35.9 Å². The molecular weight excluding hydrogens is 644 g/mol. The molecule has 0 aliphatic carbocycles. The summed E-state index contributed by atoms with van der Waals surface area (Å²) in [5, 5.41) is 44.8. The average Bonchev–Trinajstić information content (AvgIpc) is 3.05. The third-order valence-corrected chi connectivity index (χ3v) is 7.76. The molecule has 0 aromatic heterocycles. The number of benzene rings is 1. The van der Waals surface area contributed by atoms with Crippen LogP contribution in [0.2, 0.25) is 0 Å². The third-order valence-electron chi connectivity index (χ3n) is 7.76. The Morgan fingerprint density at radius 2 is 1.67 bits per heavy atom. The Labute approximate surface area is 284 Å². The molecule has 9 unspecified atom stereocenters. The number of guanidine groups is 1. The maximum Gasteiger partial charge on any atom is 0.317 e. The van der Waals surface area contributed by atoms with Gasteiger partial charge in [-0.15, -0.1) is 0 Å². The number of aliphatic hydroxyl groups excluding tert-OH is 3. The SMILES string of the molecule is CC1OC(Oc2ccc(C=CC(=O)NCCCNCCCCN)cc2)C(N=C(N)N)C(O)C1NC(=O)NC1OCC(O)C(O)C1NC(N)=O. The standard InChI is InChI=1S/C30H50N10O9/c1-16-21(39-30(46)40-26-22(38-29(34)45)24(43)19(41)15-47-26)25(44)23(37-28(32)33)27(48-16)49-18-8-5-17(6-9-18)7-10-20(42)36-14-4-13-35-12-3-2-11-31/h5-10,16,19,21-27,35,41,43-44H,2-4,11-15,31H2,1H3,(H,36,42)(H4,32,33,37)(H3,34,38,45)(H2,39,40,46). The highest BCUT2D eigenvalue weighted by Crippen LogP contribution is 2.27. The number of primary amides is 1. The van der Waals surface area contributed by atoms with Crippen molar-refractivity contribution in [2.24, 2.45) is 27.9 Å². The topological polar surface area (TPSA) is 316 Å². The lowest BCUT2D eigenvalue weighted by molar-refractivity contribution is -0.193. The number of hydrogen-bond acceptors (Lipinski definition) is 12. The summed E-state index contributed by atoms with van der Waals surface area (Å²) in [5.41, 5.74) is 22.6. The van der Waals surface area contributed by atoms with Crippen LogP contribution >= 0.6 is 0 Å². The van der Waals surface area contributed by atoms with Gasteiger partial charge in [0.1, 0.15) is 36.1 Å². The number of unbranched alkanes of at least 4 members (excludes halogenated alkanes) is 1. The number of carbonyl (C=O) groups is 3. The zero-order valence-corrected chi connectivity index (χ0v) is 27.4. The van der Waals surface area contributed by atoms with Crippen molar-refractivity contribution in [1.82, 2.24) is 26.6 Å². The van der Waals surface area contributed by atoms with Crippen LogP contribution in [0.3, 0.4) is 0 Å². The zero-order valence-electron chi connectivity index (χ0n) is 27.4. The Balaban J connectivity index is 1.55. The molecule has 1 aromatic carbocycles. The van der Waals surface area contributed by atoms with E-state index in [0.29, 0.717) is 18.8 Å². The van der Waals surface area contributed by atoms with Gasteiger partial charge in [0.05, 0.1) is 18.8 Å². The predicted molar refractivity (Wildman–Crippen MR) is 179 cm³/mol. The summed E-state index contributed by atoms with van der Waals surface area (Å²) >= 11 is 0. The predicted octanol–water partition coefficient (Wildman–Crippen LogP) is -3.56. The van der Waals surface area contributed by atoms with Gasteiger partial charge in [0.2, 0.25) is 12.2 Å². The van der Waals surface area contributed by atoms with Gasteiger partial charge in [-0.1, -0.05) is 12.1 Å². The smallest absolute Gasteiger partial charge is 0.317 e. The number of rotatable bonds is 16. The normalized spacial score (nSPS) is 28.3. The van der Waals surface area contributed by atoms with Gasteiger partial charge in [0.25, 0.3) is 0 Å². The van der Waals surface area contributed by atoms with Gasteiger partial charge in [-0.2, -0.15) is 0 Å². The molecule has 19 nitrogen and oxygen atoms in total. The van der Waals surface area contributed by atoms with E-state index in [0.717, 1.165) is 37.9 Å². The average molecular weight is 695 g/mol. The first-order chi connectivity index (χ1) is 23.4. The minimum Gasteiger partial charge on any atom is -0.462 e. The number of carbonyl (C=O) groups excluding carboxylic acids is 3. The van der Waals surface area contributed by atoms with Crippen molar-refractivity contribution in [1.29, 1.82) is 0 Å². The summed E-state index contributed by atoms with van der Waals surface area (Å²) in [4.78, 5) is 40.6. The van der Waals surface area contributed by atoms with E-state index in [1.54, 1.807) is 37.3 Å². The number of nitrogens with two attached hydrogens (primary N) is 4.